The Morgan fingerprint density at radius 1 is 1.30 bits per heavy atom. The average Bonchev–Trinajstić information content (AvgIpc) is 3.20. The van der Waals surface area contributed by atoms with Crippen molar-refractivity contribution < 1.29 is 4.79 Å². The molecular weight excluding hydrogens is 312 g/mol. The summed E-state index contributed by atoms with van der Waals surface area (Å²) in [6.07, 6.45) is 3.50. The van der Waals surface area contributed by atoms with Crippen molar-refractivity contribution in [3.8, 4) is 11.3 Å². The smallest absolute Gasteiger partial charge is 0.263 e. The highest BCUT2D eigenvalue weighted by molar-refractivity contribution is 7.08. The van der Waals surface area contributed by atoms with Gasteiger partial charge in [-0.1, -0.05) is 0 Å². The summed E-state index contributed by atoms with van der Waals surface area (Å²) in [6.45, 7) is 0.949. The van der Waals surface area contributed by atoms with E-state index in [0.29, 0.717) is 13.1 Å². The molecule has 0 aliphatic heterocycles. The lowest BCUT2D eigenvalue weighted by Crippen LogP contribution is -2.33. The van der Waals surface area contributed by atoms with Crippen LogP contribution >= 0.6 is 11.3 Å². The van der Waals surface area contributed by atoms with Crippen molar-refractivity contribution in [2.24, 2.45) is 7.05 Å². The molecule has 3 heterocycles. The Kier molecular flexibility index (Phi) is 4.38. The van der Waals surface area contributed by atoms with Gasteiger partial charge in [0.2, 0.25) is 0 Å². The molecule has 3 aromatic rings. The number of hydrogen-bond donors (Lipinski definition) is 1. The van der Waals surface area contributed by atoms with E-state index < -0.39 is 0 Å². The number of aryl methyl sites for hydroxylation is 1. The predicted octanol–water partition coefficient (Wildman–Crippen LogP) is 1.74. The van der Waals surface area contributed by atoms with Crippen molar-refractivity contribution in [3.63, 3.8) is 0 Å². The molecule has 0 fully saturated rings. The van der Waals surface area contributed by atoms with E-state index >= 15 is 0 Å². The van der Waals surface area contributed by atoms with Crippen LogP contribution in [0.4, 0.5) is 0 Å². The lowest BCUT2D eigenvalue weighted by molar-refractivity contribution is 0.0950. The topological polar surface area (TPSA) is 68.9 Å². The first kappa shape index (κ1) is 15.2. The molecule has 0 spiro atoms. The van der Waals surface area contributed by atoms with Gasteiger partial charge >= 0.3 is 0 Å². The molecule has 0 unspecified atom stereocenters. The van der Waals surface area contributed by atoms with Crippen molar-refractivity contribution in [1.82, 2.24) is 19.7 Å². The van der Waals surface area contributed by atoms with Gasteiger partial charge in [-0.15, -0.1) is 0 Å². The van der Waals surface area contributed by atoms with E-state index in [1.165, 1.54) is 10.6 Å². The highest BCUT2D eigenvalue weighted by Gasteiger charge is 2.10. The fourth-order valence-corrected chi connectivity index (χ4v) is 2.85. The first-order valence-corrected chi connectivity index (χ1v) is 8.09. The molecule has 118 valence electrons. The third-order valence-electron chi connectivity index (χ3n) is 3.45. The van der Waals surface area contributed by atoms with Crippen LogP contribution in [0, 0.1) is 0 Å². The maximum absolute atomic E-state index is 12.0. The summed E-state index contributed by atoms with van der Waals surface area (Å²) in [6, 6.07) is 7.16. The van der Waals surface area contributed by atoms with E-state index in [1.54, 1.807) is 35.3 Å². The Balaban J connectivity index is 1.58. The summed E-state index contributed by atoms with van der Waals surface area (Å²) < 4.78 is 3.16. The van der Waals surface area contributed by atoms with Crippen LogP contribution < -0.4 is 10.9 Å². The van der Waals surface area contributed by atoms with Crippen molar-refractivity contribution in [2.75, 3.05) is 6.54 Å². The van der Waals surface area contributed by atoms with Gasteiger partial charge in [-0.2, -0.15) is 16.4 Å². The normalized spacial score (nSPS) is 10.7. The predicted molar refractivity (Wildman–Crippen MR) is 89.6 cm³/mol. The summed E-state index contributed by atoms with van der Waals surface area (Å²) in [5, 5.41) is 11.3. The molecule has 23 heavy (non-hydrogen) atoms. The lowest BCUT2D eigenvalue weighted by Gasteiger charge is -2.06. The van der Waals surface area contributed by atoms with Gasteiger partial charge in [-0.05, 0) is 29.6 Å². The molecule has 7 heteroatoms. The zero-order valence-corrected chi connectivity index (χ0v) is 13.4. The Hall–Kier alpha value is -2.67. The van der Waals surface area contributed by atoms with Gasteiger partial charge in [0.05, 0.1) is 12.2 Å². The standard InChI is InChI=1S/C16H16N4O2S/c1-19-7-2-3-13(16(19)22)15(21)17-6-9-20-8-4-14(18-20)12-5-10-23-11-12/h2-5,7-8,10-11H,6,9H2,1H3,(H,17,21). The van der Waals surface area contributed by atoms with E-state index in [1.807, 2.05) is 29.1 Å². The van der Waals surface area contributed by atoms with Crippen LogP contribution in [-0.4, -0.2) is 26.8 Å². The van der Waals surface area contributed by atoms with Crippen LogP contribution in [0.15, 0.2) is 52.2 Å². The van der Waals surface area contributed by atoms with E-state index in [0.717, 1.165) is 11.3 Å². The number of nitrogens with one attached hydrogen (secondary N) is 1. The number of hydrogen-bond acceptors (Lipinski definition) is 4. The number of rotatable bonds is 5. The maximum Gasteiger partial charge on any atom is 0.263 e. The van der Waals surface area contributed by atoms with Crippen LogP contribution in [0.25, 0.3) is 11.3 Å². The number of pyridine rings is 1. The fraction of sp³-hybridized carbons (Fsp3) is 0.188. The summed E-state index contributed by atoms with van der Waals surface area (Å²) in [4.78, 5) is 23.9. The Labute approximate surface area is 137 Å². The molecule has 0 aliphatic carbocycles. The molecule has 6 nitrogen and oxygen atoms in total. The second kappa shape index (κ2) is 6.62. The summed E-state index contributed by atoms with van der Waals surface area (Å²) >= 11 is 1.63. The monoisotopic (exact) mass is 328 g/mol. The summed E-state index contributed by atoms with van der Waals surface area (Å²) in [5.41, 5.74) is 1.85. The van der Waals surface area contributed by atoms with Gasteiger partial charge in [-0.25, -0.2) is 0 Å². The highest BCUT2D eigenvalue weighted by Crippen LogP contribution is 2.19. The lowest BCUT2D eigenvalue weighted by atomic mass is 10.2. The molecule has 0 atom stereocenters. The first-order valence-electron chi connectivity index (χ1n) is 7.15. The van der Waals surface area contributed by atoms with Crippen molar-refractivity contribution in [2.45, 2.75) is 6.54 Å². The third-order valence-corrected chi connectivity index (χ3v) is 4.14. The molecule has 0 bridgehead atoms. The van der Waals surface area contributed by atoms with E-state index in [-0.39, 0.29) is 17.0 Å². The second-order valence-corrected chi connectivity index (χ2v) is 5.85. The minimum Gasteiger partial charge on any atom is -0.350 e. The van der Waals surface area contributed by atoms with Gasteiger partial charge < -0.3 is 9.88 Å². The number of carbonyl (C=O) groups excluding carboxylic acids is 1. The molecule has 1 amide bonds. The molecule has 3 rings (SSSR count). The second-order valence-electron chi connectivity index (χ2n) is 5.07. The van der Waals surface area contributed by atoms with Crippen LogP contribution in [-0.2, 0) is 13.6 Å². The molecule has 0 aliphatic rings. The van der Waals surface area contributed by atoms with E-state index in [2.05, 4.69) is 10.4 Å². The maximum atomic E-state index is 12.0. The fourth-order valence-electron chi connectivity index (χ4n) is 2.20. The van der Waals surface area contributed by atoms with Crippen molar-refractivity contribution in [1.29, 1.82) is 0 Å². The van der Waals surface area contributed by atoms with Crippen LogP contribution in [0.1, 0.15) is 10.4 Å². The number of amides is 1. The van der Waals surface area contributed by atoms with Gasteiger partial charge in [0, 0.05) is 36.9 Å². The summed E-state index contributed by atoms with van der Waals surface area (Å²) in [5.74, 6) is -0.364. The number of carbonyl (C=O) groups is 1. The largest absolute Gasteiger partial charge is 0.350 e. The highest BCUT2D eigenvalue weighted by atomic mass is 32.1. The van der Waals surface area contributed by atoms with Gasteiger partial charge in [0.15, 0.2) is 0 Å². The van der Waals surface area contributed by atoms with E-state index in [4.69, 9.17) is 0 Å². The van der Waals surface area contributed by atoms with Crippen LogP contribution in [0.3, 0.4) is 0 Å². The van der Waals surface area contributed by atoms with Gasteiger partial charge in [0.1, 0.15) is 5.56 Å². The SMILES string of the molecule is Cn1cccc(C(=O)NCCn2ccc(-c3ccsc3)n2)c1=O. The quantitative estimate of drug-likeness (QED) is 0.776. The van der Waals surface area contributed by atoms with Crippen molar-refractivity contribution in [3.05, 3.63) is 63.3 Å². The summed E-state index contributed by atoms with van der Waals surface area (Å²) in [7, 11) is 1.62. The Morgan fingerprint density at radius 2 is 2.17 bits per heavy atom. The zero-order chi connectivity index (χ0) is 16.2. The molecule has 0 radical (unpaired) electrons. The van der Waals surface area contributed by atoms with Gasteiger partial charge in [-0.3, -0.25) is 14.3 Å². The minimum atomic E-state index is -0.364. The molecule has 0 saturated carbocycles. The minimum absolute atomic E-state index is 0.148. The molecule has 1 N–H and O–H groups in total. The van der Waals surface area contributed by atoms with Gasteiger partial charge in [0.25, 0.3) is 11.5 Å². The number of nitrogens with zero attached hydrogens (tertiary/aromatic N) is 3. The molecular formula is C16H16N4O2S. The molecule has 3 aromatic heterocycles. The van der Waals surface area contributed by atoms with Crippen molar-refractivity contribution >= 4 is 17.2 Å². The Morgan fingerprint density at radius 3 is 2.96 bits per heavy atom. The zero-order valence-electron chi connectivity index (χ0n) is 12.6. The first-order chi connectivity index (χ1) is 11.1. The van der Waals surface area contributed by atoms with Crippen LogP contribution in [0.2, 0.25) is 0 Å². The Bertz CT molecular complexity index is 864. The third kappa shape index (κ3) is 3.40. The number of thiophene rings is 1. The number of aromatic nitrogens is 3. The molecule has 0 aromatic carbocycles. The molecule has 0 saturated heterocycles. The van der Waals surface area contributed by atoms with E-state index in [9.17, 15) is 9.59 Å². The average molecular weight is 328 g/mol. The van der Waals surface area contributed by atoms with Crippen LogP contribution in [0.5, 0.6) is 0 Å².